The zero-order valence-electron chi connectivity index (χ0n) is 15.8. The molecule has 0 saturated heterocycles. The fourth-order valence-electron chi connectivity index (χ4n) is 3.01. The molecule has 2 aromatic rings. The Kier molecular flexibility index (Phi) is 5.12. The first-order valence-corrected chi connectivity index (χ1v) is 8.15. The normalized spacial score (nSPS) is 13.8. The van der Waals surface area contributed by atoms with Crippen molar-refractivity contribution in [2.24, 2.45) is 0 Å². The van der Waals surface area contributed by atoms with Crippen molar-refractivity contribution in [3.05, 3.63) is 35.4 Å². The minimum atomic E-state index is -0.214. The van der Waals surface area contributed by atoms with E-state index in [9.17, 15) is 4.79 Å². The standard InChI is InChI=1S/C20H21NO6/c1-23-15-9-12-13(20(22)21-14(12)10-16(15)24-2)6-11-7-17(25-3)19(27-5)18(8-11)26-4/h6-10H,1-5H3,(H,21,22)/b13-6-. The Hall–Kier alpha value is -3.35. The molecule has 1 aliphatic rings. The summed E-state index contributed by atoms with van der Waals surface area (Å²) in [7, 11) is 7.73. The van der Waals surface area contributed by atoms with Crippen molar-refractivity contribution < 1.29 is 28.5 Å². The Morgan fingerprint density at radius 3 is 1.81 bits per heavy atom. The first-order valence-electron chi connectivity index (χ1n) is 8.15. The van der Waals surface area contributed by atoms with Gasteiger partial charge in [0.05, 0.1) is 41.2 Å². The van der Waals surface area contributed by atoms with E-state index in [2.05, 4.69) is 5.32 Å². The van der Waals surface area contributed by atoms with Crippen molar-refractivity contribution in [3.63, 3.8) is 0 Å². The quantitative estimate of drug-likeness (QED) is 0.786. The highest BCUT2D eigenvalue weighted by molar-refractivity contribution is 6.35. The van der Waals surface area contributed by atoms with Crippen LogP contribution in [0.1, 0.15) is 11.1 Å². The van der Waals surface area contributed by atoms with Crippen molar-refractivity contribution >= 4 is 23.2 Å². The van der Waals surface area contributed by atoms with Gasteiger partial charge in [-0.2, -0.15) is 0 Å². The predicted molar refractivity (Wildman–Crippen MR) is 102 cm³/mol. The molecule has 0 aliphatic carbocycles. The van der Waals surface area contributed by atoms with Crippen LogP contribution in [0.5, 0.6) is 28.7 Å². The molecule has 7 heteroatoms. The van der Waals surface area contributed by atoms with Crippen LogP contribution in [0.25, 0.3) is 11.6 Å². The molecule has 0 aromatic heterocycles. The molecule has 1 aliphatic heterocycles. The molecule has 1 amide bonds. The van der Waals surface area contributed by atoms with E-state index in [1.54, 1.807) is 65.9 Å². The molecular weight excluding hydrogens is 350 g/mol. The summed E-state index contributed by atoms with van der Waals surface area (Å²) < 4.78 is 26.7. The van der Waals surface area contributed by atoms with Crippen LogP contribution < -0.4 is 29.0 Å². The van der Waals surface area contributed by atoms with Crippen LogP contribution >= 0.6 is 0 Å². The van der Waals surface area contributed by atoms with E-state index in [4.69, 9.17) is 23.7 Å². The number of amides is 1. The number of hydrogen-bond acceptors (Lipinski definition) is 6. The molecule has 1 N–H and O–H groups in total. The number of rotatable bonds is 6. The Labute approximate surface area is 157 Å². The molecule has 2 aromatic carbocycles. The zero-order valence-corrected chi connectivity index (χ0v) is 15.8. The van der Waals surface area contributed by atoms with E-state index in [0.717, 1.165) is 11.1 Å². The molecule has 27 heavy (non-hydrogen) atoms. The molecule has 7 nitrogen and oxygen atoms in total. The van der Waals surface area contributed by atoms with Gasteiger partial charge < -0.3 is 29.0 Å². The van der Waals surface area contributed by atoms with Crippen molar-refractivity contribution in [2.45, 2.75) is 0 Å². The molecular formula is C20H21NO6. The Balaban J connectivity index is 2.13. The first-order chi connectivity index (χ1) is 13.1. The van der Waals surface area contributed by atoms with E-state index < -0.39 is 0 Å². The van der Waals surface area contributed by atoms with Gasteiger partial charge in [-0.05, 0) is 29.8 Å². The maximum Gasteiger partial charge on any atom is 0.256 e. The van der Waals surface area contributed by atoms with Gasteiger partial charge in [0.2, 0.25) is 5.75 Å². The van der Waals surface area contributed by atoms with E-state index in [1.165, 1.54) is 0 Å². The molecule has 1 heterocycles. The number of nitrogens with one attached hydrogen (secondary N) is 1. The first kappa shape index (κ1) is 18.4. The Morgan fingerprint density at radius 1 is 0.741 bits per heavy atom. The van der Waals surface area contributed by atoms with Gasteiger partial charge in [-0.3, -0.25) is 4.79 Å². The second-order valence-corrected chi connectivity index (χ2v) is 5.72. The summed E-state index contributed by atoms with van der Waals surface area (Å²) in [5.41, 5.74) is 2.63. The van der Waals surface area contributed by atoms with Gasteiger partial charge >= 0.3 is 0 Å². The molecule has 0 bridgehead atoms. The summed E-state index contributed by atoms with van der Waals surface area (Å²) in [5.74, 6) is 2.39. The van der Waals surface area contributed by atoms with E-state index >= 15 is 0 Å². The number of ether oxygens (including phenoxy) is 5. The number of carbonyl (C=O) groups is 1. The van der Waals surface area contributed by atoms with Crippen LogP contribution in [0.2, 0.25) is 0 Å². The van der Waals surface area contributed by atoms with Gasteiger partial charge in [-0.1, -0.05) is 0 Å². The molecule has 142 valence electrons. The average Bonchev–Trinajstić information content (AvgIpc) is 3.00. The monoisotopic (exact) mass is 371 g/mol. The van der Waals surface area contributed by atoms with Crippen LogP contribution in [0.3, 0.4) is 0 Å². The largest absolute Gasteiger partial charge is 0.493 e. The maximum absolute atomic E-state index is 12.5. The van der Waals surface area contributed by atoms with Crippen LogP contribution in [0, 0.1) is 0 Å². The van der Waals surface area contributed by atoms with E-state index in [1.807, 2.05) is 0 Å². The van der Waals surface area contributed by atoms with Crippen molar-refractivity contribution in [2.75, 3.05) is 40.9 Å². The Morgan fingerprint density at radius 2 is 1.30 bits per heavy atom. The lowest BCUT2D eigenvalue weighted by molar-refractivity contribution is -0.110. The van der Waals surface area contributed by atoms with Crippen molar-refractivity contribution in [1.29, 1.82) is 0 Å². The minimum Gasteiger partial charge on any atom is -0.493 e. The second-order valence-electron chi connectivity index (χ2n) is 5.72. The lowest BCUT2D eigenvalue weighted by Crippen LogP contribution is -2.03. The zero-order chi connectivity index (χ0) is 19.6. The number of hydrogen-bond donors (Lipinski definition) is 1. The van der Waals surface area contributed by atoms with Gasteiger partial charge in [0.25, 0.3) is 5.91 Å². The average molecular weight is 371 g/mol. The van der Waals surface area contributed by atoms with Crippen LogP contribution in [0.4, 0.5) is 5.69 Å². The number of carbonyl (C=O) groups excluding carboxylic acids is 1. The van der Waals surface area contributed by atoms with Gasteiger partial charge in [0.15, 0.2) is 23.0 Å². The number of benzene rings is 2. The highest BCUT2D eigenvalue weighted by Crippen LogP contribution is 2.43. The molecule has 0 spiro atoms. The molecule has 0 fully saturated rings. The van der Waals surface area contributed by atoms with Crippen LogP contribution in [-0.2, 0) is 4.79 Å². The number of fused-ring (bicyclic) bond motifs is 1. The smallest absolute Gasteiger partial charge is 0.256 e. The van der Waals surface area contributed by atoms with Gasteiger partial charge in [0, 0.05) is 17.2 Å². The maximum atomic E-state index is 12.5. The summed E-state index contributed by atoms with van der Waals surface area (Å²) in [6.45, 7) is 0. The lowest BCUT2D eigenvalue weighted by atomic mass is 10.0. The second kappa shape index (κ2) is 7.49. The van der Waals surface area contributed by atoms with E-state index in [0.29, 0.717) is 40.0 Å². The minimum absolute atomic E-state index is 0.214. The fourth-order valence-corrected chi connectivity index (χ4v) is 3.01. The molecule has 0 atom stereocenters. The van der Waals surface area contributed by atoms with Crippen LogP contribution in [-0.4, -0.2) is 41.5 Å². The molecule has 0 radical (unpaired) electrons. The SMILES string of the molecule is COc1cc2c(cc1OC)/C(=C/c1cc(OC)c(OC)c(OC)c1)C(=O)N2. The third-order valence-electron chi connectivity index (χ3n) is 4.30. The van der Waals surface area contributed by atoms with Gasteiger partial charge in [-0.15, -0.1) is 0 Å². The highest BCUT2D eigenvalue weighted by Gasteiger charge is 2.27. The summed E-state index contributed by atoms with van der Waals surface area (Å²) >= 11 is 0. The molecule has 0 unspecified atom stereocenters. The molecule has 3 rings (SSSR count). The topological polar surface area (TPSA) is 75.2 Å². The number of methoxy groups -OCH3 is 5. The fraction of sp³-hybridized carbons (Fsp3) is 0.250. The number of anilines is 1. The summed E-state index contributed by atoms with van der Waals surface area (Å²) in [6.07, 6.45) is 1.76. The lowest BCUT2D eigenvalue weighted by Gasteiger charge is -2.13. The third kappa shape index (κ3) is 3.23. The van der Waals surface area contributed by atoms with Gasteiger partial charge in [-0.25, -0.2) is 0 Å². The molecule has 0 saturated carbocycles. The third-order valence-corrected chi connectivity index (χ3v) is 4.30. The van der Waals surface area contributed by atoms with Crippen molar-refractivity contribution in [3.8, 4) is 28.7 Å². The summed E-state index contributed by atoms with van der Waals surface area (Å²) in [5, 5.41) is 2.84. The predicted octanol–water partition coefficient (Wildman–Crippen LogP) is 3.22. The van der Waals surface area contributed by atoms with Crippen molar-refractivity contribution in [1.82, 2.24) is 0 Å². The van der Waals surface area contributed by atoms with Gasteiger partial charge in [0.1, 0.15) is 0 Å². The summed E-state index contributed by atoms with van der Waals surface area (Å²) in [4.78, 5) is 12.5. The summed E-state index contributed by atoms with van der Waals surface area (Å²) in [6, 6.07) is 7.07. The van der Waals surface area contributed by atoms with Crippen LogP contribution in [0.15, 0.2) is 24.3 Å². The highest BCUT2D eigenvalue weighted by atomic mass is 16.5. The Bertz CT molecular complexity index is 894. The van der Waals surface area contributed by atoms with E-state index in [-0.39, 0.29) is 5.91 Å².